The Balaban J connectivity index is 2.26. The summed E-state index contributed by atoms with van der Waals surface area (Å²) in [6.07, 6.45) is 0.900. The van der Waals surface area contributed by atoms with E-state index in [-0.39, 0.29) is 10.8 Å². The molecule has 0 saturated carbocycles. The molecule has 0 unspecified atom stereocenters. The van der Waals surface area contributed by atoms with Crippen LogP contribution in [-0.2, 0) is 17.3 Å². The molecule has 0 bridgehead atoms. The van der Waals surface area contributed by atoms with E-state index in [1.54, 1.807) is 0 Å². The summed E-state index contributed by atoms with van der Waals surface area (Å²) in [5, 5.41) is 0. The van der Waals surface area contributed by atoms with Crippen LogP contribution in [0.1, 0.15) is 74.9 Å². The van der Waals surface area contributed by atoms with E-state index in [0.717, 1.165) is 19.5 Å². The van der Waals surface area contributed by atoms with E-state index in [2.05, 4.69) is 127 Å². The van der Waals surface area contributed by atoms with Gasteiger partial charge >= 0.3 is 0 Å². The van der Waals surface area contributed by atoms with E-state index in [1.807, 2.05) is 0 Å². The Kier molecular flexibility index (Phi) is 7.14. The van der Waals surface area contributed by atoms with Crippen LogP contribution in [-0.4, -0.2) is 51.1 Å². The van der Waals surface area contributed by atoms with Crippen LogP contribution in [0.5, 0.6) is 0 Å². The van der Waals surface area contributed by atoms with Gasteiger partial charge in [-0.25, -0.2) is 0 Å². The predicted molar refractivity (Wildman–Crippen MR) is 143 cm³/mol. The molecular weight excluding hydrogens is 400 g/mol. The van der Waals surface area contributed by atoms with Crippen LogP contribution in [0.15, 0.2) is 24.3 Å². The number of benzene rings is 2. The molecule has 2 aromatic carbocycles. The van der Waals surface area contributed by atoms with Crippen LogP contribution >= 0.6 is 0 Å². The third kappa shape index (κ3) is 5.89. The minimum Gasteiger partial charge on any atom is -0.299 e. The second-order valence-electron chi connectivity index (χ2n) is 11.9. The van der Waals surface area contributed by atoms with Crippen molar-refractivity contribution in [2.24, 2.45) is 0 Å². The highest BCUT2D eigenvalue weighted by atomic mass is 15.0. The Labute approximate surface area is 202 Å². The summed E-state index contributed by atoms with van der Waals surface area (Å²) >= 11 is 0. The Morgan fingerprint density at radius 1 is 0.636 bits per heavy atom. The van der Waals surface area contributed by atoms with E-state index >= 15 is 0 Å². The van der Waals surface area contributed by atoms with Gasteiger partial charge in [0.1, 0.15) is 0 Å². The summed E-state index contributed by atoms with van der Waals surface area (Å²) in [5.74, 6) is 13.8. The Morgan fingerprint density at radius 3 is 1.30 bits per heavy atom. The molecule has 0 heterocycles. The van der Waals surface area contributed by atoms with Crippen molar-refractivity contribution in [3.8, 4) is 34.8 Å². The topological polar surface area (TPSA) is 6.48 Å². The summed E-state index contributed by atoms with van der Waals surface area (Å²) in [6.45, 7) is 15.2. The minimum absolute atomic E-state index is 0.0613. The van der Waals surface area contributed by atoms with Gasteiger partial charge in [-0.2, -0.15) is 0 Å². The molecule has 174 valence electrons. The van der Waals surface area contributed by atoms with Crippen molar-refractivity contribution in [2.45, 2.75) is 58.8 Å². The maximum Gasteiger partial charge on any atom is 0.0600 e. The molecule has 3 rings (SSSR count). The molecule has 0 radical (unpaired) electrons. The van der Waals surface area contributed by atoms with Gasteiger partial charge in [0, 0.05) is 17.5 Å². The number of nitrogens with zero attached hydrogens (tertiary/aromatic N) is 2. The molecule has 0 spiro atoms. The molecule has 1 aliphatic carbocycles. The van der Waals surface area contributed by atoms with Crippen molar-refractivity contribution >= 4 is 0 Å². The molecule has 2 heteroatoms. The summed E-state index contributed by atoms with van der Waals surface area (Å²) < 4.78 is 0. The molecule has 33 heavy (non-hydrogen) atoms. The molecular formula is C31H40N2. The average Bonchev–Trinajstić information content (AvgIpc) is 3.05. The lowest BCUT2D eigenvalue weighted by Crippen LogP contribution is -2.13. The van der Waals surface area contributed by atoms with E-state index in [9.17, 15) is 0 Å². The summed E-state index contributed by atoms with van der Waals surface area (Å²) in [7, 11) is 8.25. The van der Waals surface area contributed by atoms with Crippen molar-refractivity contribution < 1.29 is 0 Å². The number of hydrogen-bond donors (Lipinski definition) is 0. The van der Waals surface area contributed by atoms with Gasteiger partial charge in [0.05, 0.1) is 13.1 Å². The summed E-state index contributed by atoms with van der Waals surface area (Å²) in [6, 6.07) is 9.44. The molecule has 2 aromatic rings. The maximum absolute atomic E-state index is 3.51. The summed E-state index contributed by atoms with van der Waals surface area (Å²) in [5.41, 5.74) is 10.5. The van der Waals surface area contributed by atoms with Gasteiger partial charge in [0.2, 0.25) is 0 Å². The lowest BCUT2D eigenvalue weighted by molar-refractivity contribution is 0.464. The van der Waals surface area contributed by atoms with Crippen LogP contribution in [0.4, 0.5) is 0 Å². The SMILES string of the molecule is CN(C)CC#Cc1cc(C(C)(C)C)cc2c1Cc1c(C#CCN(C)C)cc(C(C)(C)C)cc1-2. The predicted octanol–water partition coefficient (Wildman–Crippen LogP) is 5.68. The molecule has 0 atom stereocenters. The van der Waals surface area contributed by atoms with Crippen molar-refractivity contribution in [3.05, 3.63) is 57.6 Å². The second kappa shape index (κ2) is 9.38. The first-order valence-electron chi connectivity index (χ1n) is 11.9. The smallest absolute Gasteiger partial charge is 0.0600 e. The number of rotatable bonds is 2. The quantitative estimate of drug-likeness (QED) is 0.473. The van der Waals surface area contributed by atoms with Gasteiger partial charge in [-0.3, -0.25) is 9.80 Å². The van der Waals surface area contributed by atoms with Crippen molar-refractivity contribution in [1.82, 2.24) is 9.80 Å². The summed E-state index contributed by atoms with van der Waals surface area (Å²) in [4.78, 5) is 4.23. The van der Waals surface area contributed by atoms with Crippen molar-refractivity contribution in [1.29, 1.82) is 0 Å². The van der Waals surface area contributed by atoms with Crippen molar-refractivity contribution in [2.75, 3.05) is 41.3 Å². The van der Waals surface area contributed by atoms with Crippen LogP contribution in [0.2, 0.25) is 0 Å². The number of fused-ring (bicyclic) bond motifs is 3. The molecule has 0 aromatic heterocycles. The fraction of sp³-hybridized carbons (Fsp3) is 0.484. The first-order valence-corrected chi connectivity index (χ1v) is 11.9. The minimum atomic E-state index is 0.0613. The first-order chi connectivity index (χ1) is 15.3. The third-order valence-electron chi connectivity index (χ3n) is 6.11. The largest absolute Gasteiger partial charge is 0.299 e. The zero-order chi connectivity index (χ0) is 24.6. The number of hydrogen-bond acceptors (Lipinski definition) is 2. The highest BCUT2D eigenvalue weighted by molar-refractivity contribution is 5.83. The van der Waals surface area contributed by atoms with Crippen LogP contribution in [0.25, 0.3) is 11.1 Å². The fourth-order valence-corrected chi connectivity index (χ4v) is 4.06. The van der Waals surface area contributed by atoms with Crippen LogP contribution in [0, 0.1) is 23.7 Å². The van der Waals surface area contributed by atoms with E-state index in [4.69, 9.17) is 0 Å². The molecule has 1 aliphatic rings. The van der Waals surface area contributed by atoms with E-state index in [1.165, 1.54) is 44.5 Å². The van der Waals surface area contributed by atoms with Gasteiger partial charge < -0.3 is 0 Å². The lowest BCUT2D eigenvalue weighted by atomic mass is 9.82. The van der Waals surface area contributed by atoms with E-state index < -0.39 is 0 Å². The molecule has 2 nitrogen and oxygen atoms in total. The third-order valence-corrected chi connectivity index (χ3v) is 6.11. The van der Waals surface area contributed by atoms with Gasteiger partial charge in [0.25, 0.3) is 0 Å². The average molecular weight is 441 g/mol. The standard InChI is InChI=1S/C31H40N2/c1-30(2,3)24-17-22(13-11-15-32(7)8)26-21-27-23(14-12-16-33(9)10)18-25(31(4,5)6)20-29(27)28(26)19-24/h17-20H,15-16,21H2,1-10H3. The van der Waals surface area contributed by atoms with Gasteiger partial charge in [-0.1, -0.05) is 77.4 Å². The highest BCUT2D eigenvalue weighted by Gasteiger charge is 2.28. The van der Waals surface area contributed by atoms with Crippen LogP contribution < -0.4 is 0 Å². The van der Waals surface area contributed by atoms with Crippen molar-refractivity contribution in [3.63, 3.8) is 0 Å². The Hall–Kier alpha value is -2.52. The molecule has 0 aliphatic heterocycles. The second-order valence-corrected chi connectivity index (χ2v) is 11.9. The monoisotopic (exact) mass is 440 g/mol. The zero-order valence-electron chi connectivity index (χ0n) is 22.3. The zero-order valence-corrected chi connectivity index (χ0v) is 22.3. The van der Waals surface area contributed by atoms with Gasteiger partial charge in [-0.15, -0.1) is 0 Å². The Morgan fingerprint density at radius 2 is 1.00 bits per heavy atom. The highest BCUT2D eigenvalue weighted by Crippen LogP contribution is 2.44. The first kappa shape index (κ1) is 25.1. The molecule has 0 fully saturated rings. The fourth-order valence-electron chi connectivity index (χ4n) is 4.06. The van der Waals surface area contributed by atoms with Gasteiger partial charge in [0.15, 0.2) is 0 Å². The van der Waals surface area contributed by atoms with Crippen LogP contribution in [0.3, 0.4) is 0 Å². The molecule has 0 saturated heterocycles. The Bertz CT molecular complexity index is 1070. The lowest BCUT2D eigenvalue weighted by Gasteiger charge is -2.22. The van der Waals surface area contributed by atoms with Gasteiger partial charge in [-0.05, 0) is 84.5 Å². The molecule has 0 amide bonds. The normalized spacial score (nSPS) is 12.7. The molecule has 0 N–H and O–H groups in total. The maximum atomic E-state index is 3.51. The van der Waals surface area contributed by atoms with E-state index in [0.29, 0.717) is 0 Å².